The summed E-state index contributed by atoms with van der Waals surface area (Å²) >= 11 is 0. The van der Waals surface area contributed by atoms with Crippen LogP contribution in [-0.4, -0.2) is 0 Å². The standard InChI is InChI=1S/C10H17N/c1-3-4-5-6-7-8-10(2)9-11/h7-8,10H,3-6H2,1-2H3. The second kappa shape index (κ2) is 7.34. The van der Waals surface area contributed by atoms with Crippen molar-refractivity contribution in [1.29, 1.82) is 5.26 Å². The van der Waals surface area contributed by atoms with Gasteiger partial charge in [0.2, 0.25) is 0 Å². The first kappa shape index (κ1) is 10.2. The topological polar surface area (TPSA) is 23.8 Å². The third-order valence-corrected chi connectivity index (χ3v) is 1.60. The average molecular weight is 151 g/mol. The van der Waals surface area contributed by atoms with Crippen LogP contribution in [0.4, 0.5) is 0 Å². The minimum atomic E-state index is 0.0802. The van der Waals surface area contributed by atoms with Crippen molar-refractivity contribution < 1.29 is 0 Å². The summed E-state index contributed by atoms with van der Waals surface area (Å²) in [5.74, 6) is 0.0802. The summed E-state index contributed by atoms with van der Waals surface area (Å²) in [4.78, 5) is 0. The largest absolute Gasteiger partial charge is 0.198 e. The fourth-order valence-electron chi connectivity index (χ4n) is 0.856. The first-order valence-corrected chi connectivity index (χ1v) is 4.37. The predicted octanol–water partition coefficient (Wildman–Crippen LogP) is 3.28. The van der Waals surface area contributed by atoms with Gasteiger partial charge in [-0.2, -0.15) is 5.26 Å². The molecule has 0 saturated carbocycles. The summed E-state index contributed by atoms with van der Waals surface area (Å²) in [5.41, 5.74) is 0. The fourth-order valence-corrected chi connectivity index (χ4v) is 0.856. The molecule has 1 atom stereocenters. The monoisotopic (exact) mass is 151 g/mol. The van der Waals surface area contributed by atoms with Crippen molar-refractivity contribution in [3.8, 4) is 6.07 Å². The molecule has 0 aliphatic carbocycles. The number of rotatable bonds is 5. The number of allylic oxidation sites excluding steroid dienone is 2. The Balaban J connectivity index is 3.24. The maximum absolute atomic E-state index is 8.44. The van der Waals surface area contributed by atoms with Crippen LogP contribution in [0.3, 0.4) is 0 Å². The normalized spacial score (nSPS) is 13.2. The highest BCUT2D eigenvalue weighted by Crippen LogP contribution is 2.01. The first-order valence-electron chi connectivity index (χ1n) is 4.37. The molecule has 1 unspecified atom stereocenters. The molecule has 1 nitrogen and oxygen atoms in total. The van der Waals surface area contributed by atoms with Gasteiger partial charge in [0.1, 0.15) is 0 Å². The molecule has 0 amide bonds. The lowest BCUT2D eigenvalue weighted by molar-refractivity contribution is 0.726. The molecule has 0 aromatic heterocycles. The number of nitriles is 1. The van der Waals surface area contributed by atoms with Crippen LogP contribution < -0.4 is 0 Å². The Kier molecular flexibility index (Phi) is 6.82. The van der Waals surface area contributed by atoms with Crippen LogP contribution in [0.15, 0.2) is 12.2 Å². The minimum Gasteiger partial charge on any atom is -0.198 e. The molecule has 0 heterocycles. The van der Waals surface area contributed by atoms with Gasteiger partial charge in [-0.3, -0.25) is 0 Å². The van der Waals surface area contributed by atoms with E-state index in [1.165, 1.54) is 19.3 Å². The van der Waals surface area contributed by atoms with Crippen LogP contribution in [-0.2, 0) is 0 Å². The first-order chi connectivity index (χ1) is 5.31. The Morgan fingerprint density at radius 3 is 2.73 bits per heavy atom. The predicted molar refractivity (Wildman–Crippen MR) is 48.1 cm³/mol. The van der Waals surface area contributed by atoms with Gasteiger partial charge in [0.15, 0.2) is 0 Å². The van der Waals surface area contributed by atoms with E-state index in [4.69, 9.17) is 5.26 Å². The molecule has 1 heteroatoms. The second-order valence-electron chi connectivity index (χ2n) is 2.84. The van der Waals surface area contributed by atoms with Crippen molar-refractivity contribution in [2.75, 3.05) is 0 Å². The molecular weight excluding hydrogens is 134 g/mol. The summed E-state index contributed by atoms with van der Waals surface area (Å²) in [6.07, 6.45) is 9.04. The van der Waals surface area contributed by atoms with E-state index in [1.54, 1.807) is 0 Å². The number of unbranched alkanes of at least 4 members (excludes halogenated alkanes) is 3. The molecular formula is C10H17N. The van der Waals surface area contributed by atoms with Gasteiger partial charge in [0.25, 0.3) is 0 Å². The number of hydrogen-bond acceptors (Lipinski definition) is 1. The van der Waals surface area contributed by atoms with Gasteiger partial charge >= 0.3 is 0 Å². The highest BCUT2D eigenvalue weighted by molar-refractivity contribution is 4.97. The fraction of sp³-hybridized carbons (Fsp3) is 0.700. The Bertz CT molecular complexity index is 141. The summed E-state index contributed by atoms with van der Waals surface area (Å²) in [6.45, 7) is 4.11. The molecule has 62 valence electrons. The highest BCUT2D eigenvalue weighted by atomic mass is 14.2. The Labute approximate surface area is 69.7 Å². The van der Waals surface area contributed by atoms with Gasteiger partial charge in [0, 0.05) is 0 Å². The van der Waals surface area contributed by atoms with Crippen molar-refractivity contribution in [2.45, 2.75) is 39.5 Å². The molecule has 0 radical (unpaired) electrons. The minimum absolute atomic E-state index is 0.0802. The zero-order valence-corrected chi connectivity index (χ0v) is 7.51. The Hall–Kier alpha value is -0.770. The van der Waals surface area contributed by atoms with E-state index in [0.717, 1.165) is 6.42 Å². The smallest absolute Gasteiger partial charge is 0.0694 e. The van der Waals surface area contributed by atoms with Crippen LogP contribution in [0.5, 0.6) is 0 Å². The van der Waals surface area contributed by atoms with Gasteiger partial charge in [0.05, 0.1) is 12.0 Å². The van der Waals surface area contributed by atoms with Gasteiger partial charge in [-0.25, -0.2) is 0 Å². The molecule has 0 spiro atoms. The molecule has 0 N–H and O–H groups in total. The van der Waals surface area contributed by atoms with E-state index in [1.807, 2.05) is 13.0 Å². The lowest BCUT2D eigenvalue weighted by Gasteiger charge is -1.92. The average Bonchev–Trinajstić information content (AvgIpc) is 2.04. The number of hydrogen-bond donors (Lipinski definition) is 0. The molecule has 11 heavy (non-hydrogen) atoms. The third kappa shape index (κ3) is 7.12. The lowest BCUT2D eigenvalue weighted by atomic mass is 10.1. The van der Waals surface area contributed by atoms with Gasteiger partial charge < -0.3 is 0 Å². The molecule has 0 aliphatic rings. The lowest BCUT2D eigenvalue weighted by Crippen LogP contribution is -1.80. The van der Waals surface area contributed by atoms with E-state index in [0.29, 0.717) is 0 Å². The zero-order chi connectivity index (χ0) is 8.53. The summed E-state index contributed by atoms with van der Waals surface area (Å²) in [6, 6.07) is 2.17. The SMILES string of the molecule is CCCCCC=CC(C)C#N. The highest BCUT2D eigenvalue weighted by Gasteiger charge is 1.89. The molecule has 0 saturated heterocycles. The second-order valence-corrected chi connectivity index (χ2v) is 2.84. The van der Waals surface area contributed by atoms with E-state index >= 15 is 0 Å². The van der Waals surface area contributed by atoms with Crippen molar-refractivity contribution in [2.24, 2.45) is 5.92 Å². The summed E-state index contributed by atoms with van der Waals surface area (Å²) < 4.78 is 0. The van der Waals surface area contributed by atoms with Gasteiger partial charge in [-0.05, 0) is 19.8 Å². The molecule has 0 aromatic carbocycles. The van der Waals surface area contributed by atoms with E-state index < -0.39 is 0 Å². The van der Waals surface area contributed by atoms with E-state index in [2.05, 4.69) is 19.1 Å². The van der Waals surface area contributed by atoms with Crippen molar-refractivity contribution >= 4 is 0 Å². The van der Waals surface area contributed by atoms with Crippen molar-refractivity contribution in [3.05, 3.63) is 12.2 Å². The quantitative estimate of drug-likeness (QED) is 0.437. The third-order valence-electron chi connectivity index (χ3n) is 1.60. The van der Waals surface area contributed by atoms with Crippen molar-refractivity contribution in [3.63, 3.8) is 0 Å². The van der Waals surface area contributed by atoms with E-state index in [9.17, 15) is 0 Å². The van der Waals surface area contributed by atoms with Crippen LogP contribution in [0, 0.1) is 17.2 Å². The molecule has 0 rings (SSSR count). The maximum atomic E-state index is 8.44. The van der Waals surface area contributed by atoms with E-state index in [-0.39, 0.29) is 5.92 Å². The van der Waals surface area contributed by atoms with Crippen LogP contribution in [0.2, 0.25) is 0 Å². The summed E-state index contributed by atoms with van der Waals surface area (Å²) in [7, 11) is 0. The molecule has 0 aliphatic heterocycles. The molecule has 0 fully saturated rings. The number of nitrogens with zero attached hydrogens (tertiary/aromatic N) is 1. The summed E-state index contributed by atoms with van der Waals surface area (Å²) in [5, 5.41) is 8.44. The Morgan fingerprint density at radius 2 is 2.18 bits per heavy atom. The zero-order valence-electron chi connectivity index (χ0n) is 7.51. The van der Waals surface area contributed by atoms with Gasteiger partial charge in [-0.1, -0.05) is 31.9 Å². The van der Waals surface area contributed by atoms with Crippen molar-refractivity contribution in [1.82, 2.24) is 0 Å². The van der Waals surface area contributed by atoms with Crippen LogP contribution in [0.25, 0.3) is 0 Å². The molecule has 0 bridgehead atoms. The molecule has 0 aromatic rings. The van der Waals surface area contributed by atoms with Crippen LogP contribution >= 0.6 is 0 Å². The van der Waals surface area contributed by atoms with Gasteiger partial charge in [-0.15, -0.1) is 0 Å². The maximum Gasteiger partial charge on any atom is 0.0694 e. The Morgan fingerprint density at radius 1 is 1.45 bits per heavy atom. The van der Waals surface area contributed by atoms with Crippen LogP contribution in [0.1, 0.15) is 39.5 Å².